The molecule has 1 N–H and O–H groups in total. The fraction of sp³-hybridized carbons (Fsp3) is 0.154. The van der Waals surface area contributed by atoms with Crippen LogP contribution in [-0.4, -0.2) is 42.4 Å². The molecule has 9 heteroatoms. The van der Waals surface area contributed by atoms with E-state index in [2.05, 4.69) is 53.4 Å². The zero-order valence-corrected chi connectivity index (χ0v) is 20.9. The number of hydrogen-bond donors (Lipinski definition) is 1. The largest absolute Gasteiger partial charge is 0.338 e. The predicted octanol–water partition coefficient (Wildman–Crippen LogP) is 5.25. The average Bonchev–Trinajstić information content (AvgIpc) is 3.49. The minimum atomic E-state index is -2.32. The number of fused-ring (bicyclic) bond motifs is 1. The molecule has 5 aromatic rings. The first-order valence-electron chi connectivity index (χ1n) is 11.2. The Morgan fingerprint density at radius 3 is 2.37 bits per heavy atom. The Balaban J connectivity index is 1.58. The number of aromatic nitrogens is 6. The van der Waals surface area contributed by atoms with Crippen molar-refractivity contribution < 1.29 is 4.57 Å². The van der Waals surface area contributed by atoms with Crippen LogP contribution in [0, 0.1) is 13.8 Å². The van der Waals surface area contributed by atoms with Gasteiger partial charge in [-0.2, -0.15) is 9.97 Å². The standard InChI is InChI=1S/C26H26N7OP/c1-18-6-5-7-19(2)22(18)12-14-32-17-28-23-24(29-20-8-10-21(11-9-20)35(3,4)34)30-26(31-25(23)32)33-15-13-27-16-33/h5-17H,1-4H3,(H,29,30,31). The molecule has 0 aliphatic heterocycles. The molecule has 0 saturated heterocycles. The summed E-state index contributed by atoms with van der Waals surface area (Å²) < 4.78 is 16.0. The number of nitrogens with zero attached hydrogens (tertiary/aromatic N) is 6. The third-order valence-corrected chi connectivity index (χ3v) is 7.38. The highest BCUT2D eigenvalue weighted by atomic mass is 31.2. The molecule has 2 aromatic carbocycles. The number of rotatable bonds is 6. The maximum atomic E-state index is 12.4. The van der Waals surface area contributed by atoms with E-state index in [-0.39, 0.29) is 0 Å². The first-order chi connectivity index (χ1) is 16.8. The van der Waals surface area contributed by atoms with Crippen molar-refractivity contribution in [2.75, 3.05) is 18.6 Å². The molecule has 3 aromatic heterocycles. The van der Waals surface area contributed by atoms with Crippen LogP contribution in [-0.2, 0) is 4.57 Å². The molecule has 0 bridgehead atoms. The van der Waals surface area contributed by atoms with Crippen LogP contribution in [0.5, 0.6) is 0 Å². The lowest BCUT2D eigenvalue weighted by Gasteiger charge is -2.11. The lowest BCUT2D eigenvalue weighted by atomic mass is 10.0. The van der Waals surface area contributed by atoms with E-state index in [1.807, 2.05) is 35.0 Å². The molecule has 0 saturated carbocycles. The van der Waals surface area contributed by atoms with Gasteiger partial charge in [0.25, 0.3) is 0 Å². The highest BCUT2D eigenvalue weighted by molar-refractivity contribution is 7.70. The van der Waals surface area contributed by atoms with Crippen LogP contribution in [0.25, 0.3) is 29.4 Å². The van der Waals surface area contributed by atoms with E-state index in [9.17, 15) is 4.57 Å². The SMILES string of the molecule is Cc1cccc(C)c1C=Cn1cnc2c(Nc3ccc(P(C)(C)=O)cc3)nc(-n3ccnc3)nc21. The number of nitrogens with one attached hydrogen (secondary N) is 1. The zero-order valence-electron chi connectivity index (χ0n) is 20.0. The van der Waals surface area contributed by atoms with Gasteiger partial charge in [0, 0.05) is 29.6 Å². The Labute approximate surface area is 203 Å². The lowest BCUT2D eigenvalue weighted by molar-refractivity contribution is 0.588. The third-order valence-electron chi connectivity index (χ3n) is 5.84. The monoisotopic (exact) mass is 483 g/mol. The quantitative estimate of drug-likeness (QED) is 0.332. The smallest absolute Gasteiger partial charge is 0.239 e. The minimum Gasteiger partial charge on any atom is -0.338 e. The summed E-state index contributed by atoms with van der Waals surface area (Å²) in [6.07, 6.45) is 10.9. The van der Waals surface area contributed by atoms with E-state index in [0.29, 0.717) is 22.9 Å². The van der Waals surface area contributed by atoms with Gasteiger partial charge in [0.05, 0.1) is 0 Å². The summed E-state index contributed by atoms with van der Waals surface area (Å²) in [5.41, 5.74) is 5.70. The molecule has 0 unspecified atom stereocenters. The third kappa shape index (κ3) is 4.66. The topological polar surface area (TPSA) is 90.5 Å². The highest BCUT2D eigenvalue weighted by Crippen LogP contribution is 2.35. The second-order valence-electron chi connectivity index (χ2n) is 8.81. The van der Waals surface area contributed by atoms with Crippen molar-refractivity contribution in [1.29, 1.82) is 0 Å². The summed E-state index contributed by atoms with van der Waals surface area (Å²) in [5, 5.41) is 4.19. The zero-order chi connectivity index (χ0) is 24.6. The van der Waals surface area contributed by atoms with Crippen molar-refractivity contribution in [3.05, 3.63) is 84.2 Å². The van der Waals surface area contributed by atoms with Crippen molar-refractivity contribution in [2.45, 2.75) is 13.8 Å². The molecule has 35 heavy (non-hydrogen) atoms. The summed E-state index contributed by atoms with van der Waals surface area (Å²) in [4.78, 5) is 18.2. The van der Waals surface area contributed by atoms with E-state index in [1.54, 1.807) is 42.9 Å². The summed E-state index contributed by atoms with van der Waals surface area (Å²) in [6.45, 7) is 7.72. The summed E-state index contributed by atoms with van der Waals surface area (Å²) in [6, 6.07) is 13.8. The Kier molecular flexibility index (Phi) is 5.83. The first-order valence-corrected chi connectivity index (χ1v) is 13.8. The normalized spacial score (nSPS) is 12.0. The molecule has 0 fully saturated rings. The van der Waals surface area contributed by atoms with Crippen molar-refractivity contribution in [1.82, 2.24) is 29.1 Å². The van der Waals surface area contributed by atoms with E-state index >= 15 is 0 Å². The fourth-order valence-corrected chi connectivity index (χ4v) is 4.75. The number of aryl methyl sites for hydroxylation is 2. The van der Waals surface area contributed by atoms with Crippen molar-refractivity contribution in [3.8, 4) is 5.95 Å². The van der Waals surface area contributed by atoms with Crippen LogP contribution in [0.4, 0.5) is 11.5 Å². The number of imidazole rings is 2. The van der Waals surface area contributed by atoms with Gasteiger partial charge in [-0.15, -0.1) is 0 Å². The van der Waals surface area contributed by atoms with E-state index in [0.717, 1.165) is 11.0 Å². The van der Waals surface area contributed by atoms with Crippen molar-refractivity contribution in [3.63, 3.8) is 0 Å². The van der Waals surface area contributed by atoms with Crippen LogP contribution in [0.15, 0.2) is 67.5 Å². The molecule has 3 heterocycles. The molecular formula is C26H26N7OP. The van der Waals surface area contributed by atoms with Gasteiger partial charge in [0.2, 0.25) is 5.95 Å². The lowest BCUT2D eigenvalue weighted by Crippen LogP contribution is -2.06. The molecule has 8 nitrogen and oxygen atoms in total. The van der Waals surface area contributed by atoms with Crippen molar-refractivity contribution >= 4 is 47.4 Å². The molecule has 5 rings (SSSR count). The summed E-state index contributed by atoms with van der Waals surface area (Å²) >= 11 is 0. The van der Waals surface area contributed by atoms with Crippen molar-refractivity contribution in [2.24, 2.45) is 0 Å². The summed E-state index contributed by atoms with van der Waals surface area (Å²) in [7, 11) is -2.32. The van der Waals surface area contributed by atoms with Crippen LogP contribution < -0.4 is 10.6 Å². The van der Waals surface area contributed by atoms with Crippen LogP contribution in [0.3, 0.4) is 0 Å². The Morgan fingerprint density at radius 1 is 0.971 bits per heavy atom. The van der Waals surface area contributed by atoms with Gasteiger partial charge >= 0.3 is 0 Å². The number of hydrogen-bond acceptors (Lipinski definition) is 6. The van der Waals surface area contributed by atoms with Crippen LogP contribution in [0.2, 0.25) is 0 Å². The molecular weight excluding hydrogens is 457 g/mol. The van der Waals surface area contributed by atoms with Gasteiger partial charge < -0.3 is 9.88 Å². The highest BCUT2D eigenvalue weighted by Gasteiger charge is 2.15. The molecule has 0 spiro atoms. The van der Waals surface area contributed by atoms with Crippen LogP contribution >= 0.6 is 7.14 Å². The van der Waals surface area contributed by atoms with Gasteiger partial charge in [-0.3, -0.25) is 9.13 Å². The van der Waals surface area contributed by atoms with E-state index in [1.165, 1.54) is 16.7 Å². The molecule has 0 aliphatic rings. The fourth-order valence-electron chi connectivity index (χ4n) is 3.88. The molecule has 0 atom stereocenters. The Morgan fingerprint density at radius 2 is 1.71 bits per heavy atom. The molecule has 0 amide bonds. The maximum Gasteiger partial charge on any atom is 0.239 e. The molecule has 0 radical (unpaired) electrons. The predicted molar refractivity (Wildman–Crippen MR) is 142 cm³/mol. The van der Waals surface area contributed by atoms with Gasteiger partial charge in [-0.25, -0.2) is 9.97 Å². The van der Waals surface area contributed by atoms with Gasteiger partial charge in [-0.1, -0.05) is 18.2 Å². The first kappa shape index (κ1) is 22.7. The molecule has 0 aliphatic carbocycles. The Bertz CT molecular complexity index is 1560. The van der Waals surface area contributed by atoms with Gasteiger partial charge in [-0.05, 0) is 74.2 Å². The average molecular weight is 484 g/mol. The van der Waals surface area contributed by atoms with Gasteiger partial charge in [0.1, 0.15) is 19.8 Å². The van der Waals surface area contributed by atoms with Crippen LogP contribution in [0.1, 0.15) is 16.7 Å². The number of benzene rings is 2. The van der Waals surface area contributed by atoms with E-state index in [4.69, 9.17) is 9.97 Å². The molecule has 176 valence electrons. The second kappa shape index (κ2) is 8.96. The Hall–Kier alpha value is -4.03. The minimum absolute atomic E-state index is 0.475. The van der Waals surface area contributed by atoms with E-state index < -0.39 is 7.14 Å². The maximum absolute atomic E-state index is 12.4. The summed E-state index contributed by atoms with van der Waals surface area (Å²) in [5.74, 6) is 1.05. The number of anilines is 2. The van der Waals surface area contributed by atoms with Gasteiger partial charge in [0.15, 0.2) is 17.0 Å². The second-order valence-corrected chi connectivity index (χ2v) is 12.0.